The molecule has 0 saturated carbocycles. The van der Waals surface area contributed by atoms with E-state index in [1.54, 1.807) is 0 Å². The molecule has 0 bridgehead atoms. The lowest BCUT2D eigenvalue weighted by Crippen LogP contribution is -2.54. The van der Waals surface area contributed by atoms with Crippen molar-refractivity contribution in [2.75, 3.05) is 52.9 Å². The van der Waals surface area contributed by atoms with Crippen LogP contribution in [0.25, 0.3) is 0 Å². The molecule has 2 heterocycles. The van der Waals surface area contributed by atoms with Crippen LogP contribution in [0.1, 0.15) is 30.4 Å². The molecule has 2 aliphatic heterocycles. The van der Waals surface area contributed by atoms with Gasteiger partial charge in [0.2, 0.25) is 0 Å². The van der Waals surface area contributed by atoms with E-state index in [-0.39, 0.29) is 0 Å². The van der Waals surface area contributed by atoms with Crippen LogP contribution < -0.4 is 0 Å². The summed E-state index contributed by atoms with van der Waals surface area (Å²) in [4.78, 5) is 7.91. The van der Waals surface area contributed by atoms with E-state index in [4.69, 9.17) is 0 Å². The van der Waals surface area contributed by atoms with Crippen LogP contribution in [0, 0.1) is 6.92 Å². The normalized spacial score (nSPS) is 24.9. The van der Waals surface area contributed by atoms with Crippen molar-refractivity contribution >= 4 is 0 Å². The molecule has 128 valence electrons. The van der Waals surface area contributed by atoms with Crippen molar-refractivity contribution in [2.45, 2.75) is 38.6 Å². The molecule has 0 radical (unpaired) electrons. The number of hydrogen-bond acceptors (Lipinski definition) is 3. The molecule has 1 atom stereocenters. The molecular formula is C20H33N3. The maximum atomic E-state index is 2.74. The van der Waals surface area contributed by atoms with Gasteiger partial charge in [0.15, 0.2) is 0 Å². The van der Waals surface area contributed by atoms with Gasteiger partial charge in [-0.2, -0.15) is 0 Å². The molecule has 0 aliphatic carbocycles. The number of hydrogen-bond donors (Lipinski definition) is 0. The standard InChI is InChI=1S/C20H33N3/c1-18-7-3-4-8-19(18)9-5-12-22-13-15-23(16-14-22)20-10-6-11-21(2)17-20/h3-4,7-8,20H,5-6,9-17H2,1-2H3/t20-/m1/s1. The quantitative estimate of drug-likeness (QED) is 0.827. The summed E-state index contributed by atoms with van der Waals surface area (Å²) in [6.07, 6.45) is 5.28. The molecule has 3 heteroatoms. The van der Waals surface area contributed by atoms with Crippen LogP contribution in [-0.2, 0) is 6.42 Å². The van der Waals surface area contributed by atoms with Gasteiger partial charge in [-0.05, 0) is 63.9 Å². The highest BCUT2D eigenvalue weighted by Gasteiger charge is 2.26. The first kappa shape index (κ1) is 16.9. The minimum atomic E-state index is 0.808. The Balaban J connectivity index is 1.37. The van der Waals surface area contributed by atoms with Crippen LogP contribution in [0.15, 0.2) is 24.3 Å². The van der Waals surface area contributed by atoms with E-state index >= 15 is 0 Å². The average molecular weight is 316 g/mol. The van der Waals surface area contributed by atoms with Crippen molar-refractivity contribution in [2.24, 2.45) is 0 Å². The van der Waals surface area contributed by atoms with Crippen LogP contribution in [0.5, 0.6) is 0 Å². The van der Waals surface area contributed by atoms with E-state index in [1.165, 1.54) is 82.6 Å². The molecule has 3 rings (SSSR count). The third-order valence-electron chi connectivity index (χ3n) is 5.70. The van der Waals surface area contributed by atoms with Crippen LogP contribution in [-0.4, -0.2) is 73.6 Å². The zero-order valence-electron chi connectivity index (χ0n) is 15.0. The SMILES string of the molecule is Cc1ccccc1CCCN1CCN([C@@H]2CCCN(C)C2)CC1. The molecule has 1 aromatic carbocycles. The fraction of sp³-hybridized carbons (Fsp3) is 0.700. The molecule has 3 nitrogen and oxygen atoms in total. The summed E-state index contributed by atoms with van der Waals surface area (Å²) in [5.74, 6) is 0. The number of likely N-dealkylation sites (tertiary alicyclic amines) is 1. The second-order valence-corrected chi connectivity index (χ2v) is 7.47. The molecule has 2 aliphatic rings. The number of aryl methyl sites for hydroxylation is 2. The van der Waals surface area contributed by atoms with Crippen molar-refractivity contribution < 1.29 is 0 Å². The Labute approximate surface area is 142 Å². The van der Waals surface area contributed by atoms with Gasteiger partial charge < -0.3 is 9.80 Å². The second-order valence-electron chi connectivity index (χ2n) is 7.47. The van der Waals surface area contributed by atoms with Gasteiger partial charge in [0, 0.05) is 38.8 Å². The Hall–Kier alpha value is -0.900. The van der Waals surface area contributed by atoms with E-state index < -0.39 is 0 Å². The monoisotopic (exact) mass is 315 g/mol. The summed E-state index contributed by atoms with van der Waals surface area (Å²) in [7, 11) is 2.27. The van der Waals surface area contributed by atoms with Crippen molar-refractivity contribution in [1.82, 2.24) is 14.7 Å². The molecule has 1 aromatic rings. The van der Waals surface area contributed by atoms with Gasteiger partial charge in [0.25, 0.3) is 0 Å². The molecule has 2 fully saturated rings. The summed E-state index contributed by atoms with van der Waals surface area (Å²) in [5, 5.41) is 0. The summed E-state index contributed by atoms with van der Waals surface area (Å²) in [5.41, 5.74) is 2.97. The molecule has 0 unspecified atom stereocenters. The first-order valence-electron chi connectivity index (χ1n) is 9.42. The lowest BCUT2D eigenvalue weighted by molar-refractivity contribution is 0.0592. The highest BCUT2D eigenvalue weighted by atomic mass is 15.3. The fourth-order valence-electron chi connectivity index (χ4n) is 4.17. The zero-order valence-corrected chi connectivity index (χ0v) is 15.0. The Morgan fingerprint density at radius 2 is 1.83 bits per heavy atom. The van der Waals surface area contributed by atoms with Gasteiger partial charge in [0.05, 0.1) is 0 Å². The number of piperazine rings is 1. The number of likely N-dealkylation sites (N-methyl/N-ethyl adjacent to an activating group) is 1. The predicted molar refractivity (Wildman–Crippen MR) is 98.0 cm³/mol. The Morgan fingerprint density at radius 3 is 2.57 bits per heavy atom. The van der Waals surface area contributed by atoms with Gasteiger partial charge in [0.1, 0.15) is 0 Å². The predicted octanol–water partition coefficient (Wildman–Crippen LogP) is 2.64. The molecule has 0 amide bonds. The number of piperidine rings is 1. The maximum absolute atomic E-state index is 2.74. The second kappa shape index (κ2) is 8.27. The molecular weight excluding hydrogens is 282 g/mol. The number of benzene rings is 1. The molecule has 0 spiro atoms. The van der Waals surface area contributed by atoms with Gasteiger partial charge in [-0.15, -0.1) is 0 Å². The van der Waals surface area contributed by atoms with Crippen LogP contribution in [0.4, 0.5) is 0 Å². The van der Waals surface area contributed by atoms with Crippen molar-refractivity contribution in [1.29, 1.82) is 0 Å². The first-order chi connectivity index (χ1) is 11.2. The fourth-order valence-corrected chi connectivity index (χ4v) is 4.17. The Morgan fingerprint density at radius 1 is 1.04 bits per heavy atom. The van der Waals surface area contributed by atoms with E-state index in [0.717, 1.165) is 6.04 Å². The molecule has 2 saturated heterocycles. The van der Waals surface area contributed by atoms with Crippen molar-refractivity contribution in [3.05, 3.63) is 35.4 Å². The number of rotatable bonds is 5. The van der Waals surface area contributed by atoms with Gasteiger partial charge >= 0.3 is 0 Å². The highest BCUT2D eigenvalue weighted by molar-refractivity contribution is 5.25. The minimum absolute atomic E-state index is 0.808. The van der Waals surface area contributed by atoms with Crippen LogP contribution >= 0.6 is 0 Å². The van der Waals surface area contributed by atoms with Gasteiger partial charge in [-0.1, -0.05) is 24.3 Å². The van der Waals surface area contributed by atoms with Gasteiger partial charge in [-0.25, -0.2) is 0 Å². The Bertz CT molecular complexity index is 480. The summed E-state index contributed by atoms with van der Waals surface area (Å²) < 4.78 is 0. The van der Waals surface area contributed by atoms with Crippen LogP contribution in [0.3, 0.4) is 0 Å². The van der Waals surface area contributed by atoms with E-state index in [2.05, 4.69) is 52.9 Å². The largest absolute Gasteiger partial charge is 0.305 e. The van der Waals surface area contributed by atoms with Gasteiger partial charge in [-0.3, -0.25) is 4.90 Å². The topological polar surface area (TPSA) is 9.72 Å². The van der Waals surface area contributed by atoms with Crippen LogP contribution in [0.2, 0.25) is 0 Å². The highest BCUT2D eigenvalue weighted by Crippen LogP contribution is 2.17. The minimum Gasteiger partial charge on any atom is -0.305 e. The van der Waals surface area contributed by atoms with E-state index in [0.29, 0.717) is 0 Å². The van der Waals surface area contributed by atoms with Crippen molar-refractivity contribution in [3.8, 4) is 0 Å². The molecule has 0 aromatic heterocycles. The molecule has 23 heavy (non-hydrogen) atoms. The zero-order chi connectivity index (χ0) is 16.1. The first-order valence-corrected chi connectivity index (χ1v) is 9.42. The maximum Gasteiger partial charge on any atom is 0.0224 e. The summed E-state index contributed by atoms with van der Waals surface area (Å²) >= 11 is 0. The average Bonchev–Trinajstić information content (AvgIpc) is 2.57. The van der Waals surface area contributed by atoms with E-state index in [9.17, 15) is 0 Å². The smallest absolute Gasteiger partial charge is 0.0224 e. The summed E-state index contributed by atoms with van der Waals surface area (Å²) in [6.45, 7) is 11.1. The lowest BCUT2D eigenvalue weighted by Gasteiger charge is -2.42. The third-order valence-corrected chi connectivity index (χ3v) is 5.70. The van der Waals surface area contributed by atoms with E-state index in [1.807, 2.05) is 0 Å². The number of nitrogens with zero attached hydrogens (tertiary/aromatic N) is 3. The Kier molecular flexibility index (Phi) is 6.09. The molecule has 0 N–H and O–H groups in total. The summed E-state index contributed by atoms with van der Waals surface area (Å²) in [6, 6.07) is 9.63. The lowest BCUT2D eigenvalue weighted by atomic mass is 10.0. The van der Waals surface area contributed by atoms with Crippen molar-refractivity contribution in [3.63, 3.8) is 0 Å². The third kappa shape index (κ3) is 4.79.